The zero-order chi connectivity index (χ0) is 21.3. The van der Waals surface area contributed by atoms with Gasteiger partial charge in [-0.25, -0.2) is 0 Å². The van der Waals surface area contributed by atoms with Crippen LogP contribution in [0.2, 0.25) is 5.02 Å². The standard InChI is InChI=1S/C24H24ClNO4/c1-17-21(9-6-10-22(17)30-16-28-2)24(27)26-14-19-13-20(25)11-12-23(19)29-15-18-7-4-3-5-8-18/h3-13H,14-16H2,1-2H3,(H,26,27). The van der Waals surface area contributed by atoms with Crippen LogP contribution < -0.4 is 14.8 Å². The molecule has 0 heterocycles. The molecule has 0 saturated carbocycles. The summed E-state index contributed by atoms with van der Waals surface area (Å²) in [6, 6.07) is 20.6. The van der Waals surface area contributed by atoms with Gasteiger partial charge in [0, 0.05) is 35.4 Å². The van der Waals surface area contributed by atoms with Crippen LogP contribution in [0.4, 0.5) is 0 Å². The monoisotopic (exact) mass is 425 g/mol. The Morgan fingerprint density at radius 3 is 2.53 bits per heavy atom. The van der Waals surface area contributed by atoms with Crippen molar-refractivity contribution in [1.29, 1.82) is 0 Å². The summed E-state index contributed by atoms with van der Waals surface area (Å²) in [6.07, 6.45) is 0. The minimum absolute atomic E-state index is 0.122. The van der Waals surface area contributed by atoms with Gasteiger partial charge >= 0.3 is 0 Å². The van der Waals surface area contributed by atoms with Crippen LogP contribution in [0.1, 0.15) is 27.0 Å². The molecule has 3 aromatic carbocycles. The van der Waals surface area contributed by atoms with Crippen molar-refractivity contribution in [2.24, 2.45) is 0 Å². The number of rotatable bonds is 9. The number of hydrogen-bond acceptors (Lipinski definition) is 4. The Hall–Kier alpha value is -3.02. The third-order valence-electron chi connectivity index (χ3n) is 4.56. The van der Waals surface area contributed by atoms with Gasteiger partial charge in [0.25, 0.3) is 5.91 Å². The van der Waals surface area contributed by atoms with Crippen molar-refractivity contribution in [2.45, 2.75) is 20.1 Å². The molecule has 0 aromatic heterocycles. The van der Waals surface area contributed by atoms with E-state index in [2.05, 4.69) is 5.32 Å². The van der Waals surface area contributed by atoms with E-state index in [9.17, 15) is 4.79 Å². The average Bonchev–Trinajstić information content (AvgIpc) is 2.77. The van der Waals surface area contributed by atoms with Crippen molar-refractivity contribution in [3.05, 3.63) is 94.0 Å². The number of benzene rings is 3. The molecule has 0 atom stereocenters. The van der Waals surface area contributed by atoms with E-state index >= 15 is 0 Å². The molecule has 1 N–H and O–H groups in total. The maximum atomic E-state index is 12.8. The summed E-state index contributed by atoms with van der Waals surface area (Å²) in [4.78, 5) is 12.8. The fourth-order valence-corrected chi connectivity index (χ4v) is 3.17. The van der Waals surface area contributed by atoms with E-state index < -0.39 is 0 Å². The van der Waals surface area contributed by atoms with E-state index in [1.807, 2.05) is 43.3 Å². The number of carbonyl (C=O) groups excluding carboxylic acids is 1. The molecule has 156 valence electrons. The summed E-state index contributed by atoms with van der Waals surface area (Å²) in [5.74, 6) is 1.08. The molecule has 30 heavy (non-hydrogen) atoms. The lowest BCUT2D eigenvalue weighted by molar-refractivity contribution is 0.0505. The summed E-state index contributed by atoms with van der Waals surface area (Å²) in [6.45, 7) is 2.68. The molecule has 0 fully saturated rings. The molecule has 3 rings (SSSR count). The van der Waals surface area contributed by atoms with Crippen LogP contribution in [0.15, 0.2) is 66.7 Å². The molecule has 0 aliphatic heterocycles. The van der Waals surface area contributed by atoms with Gasteiger partial charge in [0.2, 0.25) is 0 Å². The molecule has 0 aliphatic carbocycles. The molecule has 0 radical (unpaired) electrons. The molecular formula is C24H24ClNO4. The Balaban J connectivity index is 1.69. The smallest absolute Gasteiger partial charge is 0.251 e. The zero-order valence-corrected chi connectivity index (χ0v) is 17.7. The van der Waals surface area contributed by atoms with Crippen molar-refractivity contribution >= 4 is 17.5 Å². The Morgan fingerprint density at radius 2 is 1.77 bits per heavy atom. The second-order valence-electron chi connectivity index (χ2n) is 6.69. The summed E-state index contributed by atoms with van der Waals surface area (Å²) in [5, 5.41) is 3.52. The number of nitrogens with one attached hydrogen (secondary N) is 1. The molecular weight excluding hydrogens is 402 g/mol. The summed E-state index contributed by atoms with van der Waals surface area (Å²) >= 11 is 6.16. The normalized spacial score (nSPS) is 10.5. The topological polar surface area (TPSA) is 56.8 Å². The Bertz CT molecular complexity index is 992. The fraction of sp³-hybridized carbons (Fsp3) is 0.208. The van der Waals surface area contributed by atoms with E-state index in [1.54, 1.807) is 37.4 Å². The van der Waals surface area contributed by atoms with Crippen molar-refractivity contribution in [3.8, 4) is 11.5 Å². The van der Waals surface area contributed by atoms with Crippen LogP contribution in [0.25, 0.3) is 0 Å². The van der Waals surface area contributed by atoms with Crippen LogP contribution in [-0.4, -0.2) is 19.8 Å². The van der Waals surface area contributed by atoms with Gasteiger partial charge in [0.05, 0.1) is 0 Å². The summed E-state index contributed by atoms with van der Waals surface area (Å²) in [5.41, 5.74) is 3.15. The lowest BCUT2D eigenvalue weighted by atomic mass is 10.1. The number of ether oxygens (including phenoxy) is 3. The van der Waals surface area contributed by atoms with Crippen molar-refractivity contribution in [3.63, 3.8) is 0 Å². The van der Waals surface area contributed by atoms with Gasteiger partial charge in [0.1, 0.15) is 18.1 Å². The molecule has 0 bridgehead atoms. The van der Waals surface area contributed by atoms with Crippen LogP contribution >= 0.6 is 11.6 Å². The zero-order valence-electron chi connectivity index (χ0n) is 17.0. The van der Waals surface area contributed by atoms with E-state index in [1.165, 1.54) is 0 Å². The van der Waals surface area contributed by atoms with Gasteiger partial charge in [-0.2, -0.15) is 0 Å². The molecule has 5 nitrogen and oxygen atoms in total. The number of halogens is 1. The number of carbonyl (C=O) groups is 1. The van der Waals surface area contributed by atoms with Gasteiger partial charge in [-0.1, -0.05) is 48.0 Å². The minimum atomic E-state index is -0.204. The molecule has 0 saturated heterocycles. The van der Waals surface area contributed by atoms with Crippen molar-refractivity contribution in [2.75, 3.05) is 13.9 Å². The van der Waals surface area contributed by atoms with Crippen molar-refractivity contribution in [1.82, 2.24) is 5.32 Å². The highest BCUT2D eigenvalue weighted by Gasteiger charge is 2.14. The first-order chi connectivity index (χ1) is 14.6. The molecule has 0 unspecified atom stereocenters. The second-order valence-corrected chi connectivity index (χ2v) is 7.13. The predicted molar refractivity (Wildman–Crippen MR) is 117 cm³/mol. The van der Waals surface area contributed by atoms with E-state index in [0.717, 1.165) is 16.7 Å². The average molecular weight is 426 g/mol. The quantitative estimate of drug-likeness (QED) is 0.482. The fourth-order valence-electron chi connectivity index (χ4n) is 2.97. The minimum Gasteiger partial charge on any atom is -0.489 e. The highest BCUT2D eigenvalue weighted by atomic mass is 35.5. The van der Waals surface area contributed by atoms with Crippen LogP contribution in [0, 0.1) is 6.92 Å². The van der Waals surface area contributed by atoms with Crippen LogP contribution in [0.3, 0.4) is 0 Å². The maximum absolute atomic E-state index is 12.8. The third-order valence-corrected chi connectivity index (χ3v) is 4.80. The molecule has 0 aliphatic rings. The Kier molecular flexibility index (Phi) is 7.71. The third kappa shape index (κ3) is 5.75. The van der Waals surface area contributed by atoms with Crippen LogP contribution in [0.5, 0.6) is 11.5 Å². The van der Waals surface area contributed by atoms with Gasteiger partial charge < -0.3 is 19.5 Å². The first-order valence-corrected chi connectivity index (χ1v) is 9.91. The molecule has 0 spiro atoms. The number of methoxy groups -OCH3 is 1. The highest BCUT2D eigenvalue weighted by molar-refractivity contribution is 6.30. The highest BCUT2D eigenvalue weighted by Crippen LogP contribution is 2.25. The lowest BCUT2D eigenvalue weighted by Gasteiger charge is -2.15. The molecule has 6 heteroatoms. The molecule has 1 amide bonds. The predicted octanol–water partition coefficient (Wildman–Crippen LogP) is 5.14. The SMILES string of the molecule is COCOc1cccc(C(=O)NCc2cc(Cl)ccc2OCc2ccccc2)c1C. The largest absolute Gasteiger partial charge is 0.489 e. The first kappa shape index (κ1) is 21.7. The molecule has 3 aromatic rings. The second kappa shape index (κ2) is 10.7. The summed E-state index contributed by atoms with van der Waals surface area (Å²) < 4.78 is 16.4. The van der Waals surface area contributed by atoms with Crippen LogP contribution in [-0.2, 0) is 17.9 Å². The van der Waals surface area contributed by atoms with E-state index in [0.29, 0.717) is 28.7 Å². The maximum Gasteiger partial charge on any atom is 0.251 e. The first-order valence-electron chi connectivity index (χ1n) is 9.53. The van der Waals surface area contributed by atoms with E-state index in [4.69, 9.17) is 25.8 Å². The number of hydrogen-bond donors (Lipinski definition) is 1. The number of amides is 1. The lowest BCUT2D eigenvalue weighted by Crippen LogP contribution is -2.24. The van der Waals surface area contributed by atoms with Crippen molar-refractivity contribution < 1.29 is 19.0 Å². The van der Waals surface area contributed by atoms with Gasteiger partial charge in [-0.3, -0.25) is 4.79 Å². The van der Waals surface area contributed by atoms with Gasteiger partial charge in [-0.05, 0) is 42.8 Å². The van der Waals surface area contributed by atoms with E-state index in [-0.39, 0.29) is 19.2 Å². The Morgan fingerprint density at radius 1 is 0.967 bits per heavy atom. The van der Waals surface area contributed by atoms with Gasteiger partial charge in [-0.15, -0.1) is 0 Å². The summed E-state index contributed by atoms with van der Waals surface area (Å²) in [7, 11) is 1.55. The van der Waals surface area contributed by atoms with Gasteiger partial charge in [0.15, 0.2) is 6.79 Å². The Labute approximate surface area is 181 Å².